The van der Waals surface area contributed by atoms with Crippen LogP contribution in [0.4, 0.5) is 23.5 Å². The summed E-state index contributed by atoms with van der Waals surface area (Å²) in [6, 6.07) is -0.188. The van der Waals surface area contributed by atoms with E-state index >= 15 is 4.39 Å². The van der Waals surface area contributed by atoms with Gasteiger partial charge in [0.1, 0.15) is 11.3 Å². The quantitative estimate of drug-likeness (QED) is 0.518. The number of nitrogens with one attached hydrogen (secondary N) is 2. The normalized spacial score (nSPS) is 19.4. The van der Waals surface area contributed by atoms with Crippen LogP contribution in [0.1, 0.15) is 54.1 Å². The molecule has 1 amide bonds. The lowest BCUT2D eigenvalue weighted by Crippen LogP contribution is -2.48. The zero-order chi connectivity index (χ0) is 26.4. The molecule has 0 saturated carbocycles. The molecule has 0 spiro atoms. The summed E-state index contributed by atoms with van der Waals surface area (Å²) in [6.45, 7) is 7.22. The SMILES string of the molecule is Cc1nc2c(F)c(C(F)(F)F)c(C(C)Nc3ncc(C(=O)N4C[C@@H](C)O[C@@H](C)C4)cn3)cc2c(=O)[nH]1. The third-order valence-electron chi connectivity index (χ3n) is 5.79. The zero-order valence-electron chi connectivity index (χ0n) is 19.9. The number of hydrogen-bond acceptors (Lipinski definition) is 7. The molecule has 1 saturated heterocycles. The van der Waals surface area contributed by atoms with Crippen molar-refractivity contribution in [3.63, 3.8) is 0 Å². The molecule has 3 heterocycles. The zero-order valence-corrected chi connectivity index (χ0v) is 19.9. The Morgan fingerprint density at radius 3 is 2.42 bits per heavy atom. The lowest BCUT2D eigenvalue weighted by molar-refractivity contribution is -0.140. The molecule has 192 valence electrons. The second-order valence-corrected chi connectivity index (χ2v) is 8.83. The fraction of sp³-hybridized carbons (Fsp3) is 0.435. The van der Waals surface area contributed by atoms with Crippen LogP contribution in [0.15, 0.2) is 23.3 Å². The first kappa shape index (κ1) is 25.5. The van der Waals surface area contributed by atoms with Crippen LogP contribution in [0.5, 0.6) is 0 Å². The molecule has 1 aliphatic heterocycles. The Labute approximate surface area is 202 Å². The summed E-state index contributed by atoms with van der Waals surface area (Å²) in [7, 11) is 0. The Morgan fingerprint density at radius 2 is 1.83 bits per heavy atom. The van der Waals surface area contributed by atoms with Gasteiger partial charge in [-0.25, -0.2) is 19.3 Å². The van der Waals surface area contributed by atoms with Gasteiger partial charge in [-0.15, -0.1) is 0 Å². The molecule has 1 aromatic carbocycles. The third kappa shape index (κ3) is 5.01. The number of anilines is 1. The monoisotopic (exact) mass is 508 g/mol. The minimum absolute atomic E-state index is 0.0116. The molecule has 13 heteroatoms. The number of hydrogen-bond donors (Lipinski definition) is 2. The maximum Gasteiger partial charge on any atom is 0.419 e. The number of alkyl halides is 3. The van der Waals surface area contributed by atoms with Gasteiger partial charge in [0.15, 0.2) is 5.82 Å². The van der Waals surface area contributed by atoms with E-state index in [2.05, 4.69) is 25.3 Å². The number of fused-ring (bicyclic) bond motifs is 1. The number of nitrogens with zero attached hydrogens (tertiary/aromatic N) is 4. The van der Waals surface area contributed by atoms with Crippen molar-refractivity contribution in [2.24, 2.45) is 0 Å². The molecule has 0 aliphatic carbocycles. The molecule has 36 heavy (non-hydrogen) atoms. The Hall–Kier alpha value is -3.61. The molecule has 2 aromatic heterocycles. The highest BCUT2D eigenvalue weighted by Crippen LogP contribution is 2.39. The van der Waals surface area contributed by atoms with Crippen molar-refractivity contribution in [2.75, 3.05) is 18.4 Å². The van der Waals surface area contributed by atoms with Gasteiger partial charge in [-0.2, -0.15) is 13.2 Å². The molecule has 0 bridgehead atoms. The number of benzene rings is 1. The van der Waals surface area contributed by atoms with Crippen molar-refractivity contribution in [1.29, 1.82) is 0 Å². The Kier molecular flexibility index (Phi) is 6.69. The fourth-order valence-corrected chi connectivity index (χ4v) is 4.31. The molecule has 0 radical (unpaired) electrons. The highest BCUT2D eigenvalue weighted by molar-refractivity contribution is 5.93. The number of carbonyl (C=O) groups excluding carboxylic acids is 1. The predicted molar refractivity (Wildman–Crippen MR) is 122 cm³/mol. The summed E-state index contributed by atoms with van der Waals surface area (Å²) in [5, 5.41) is 2.37. The average molecular weight is 508 g/mol. The molecule has 2 N–H and O–H groups in total. The predicted octanol–water partition coefficient (Wildman–Crippen LogP) is 3.60. The number of halogens is 4. The summed E-state index contributed by atoms with van der Waals surface area (Å²) < 4.78 is 62.2. The first-order valence-electron chi connectivity index (χ1n) is 11.2. The molecular weight excluding hydrogens is 484 g/mol. The van der Waals surface area contributed by atoms with E-state index in [9.17, 15) is 22.8 Å². The standard InChI is InChI=1S/C23H24F4N6O3/c1-10-8-33(9-11(2)36-10)21(35)14-6-28-22(29-7-14)30-12(3)15-5-16-19(31-13(4)32-20(16)34)18(24)17(15)23(25,26)27/h5-7,10-12H,8-9H2,1-4H3,(H,28,29,30)(H,31,32,34)/t10-,11+,12?. The van der Waals surface area contributed by atoms with Crippen LogP contribution in [0, 0.1) is 12.7 Å². The second kappa shape index (κ2) is 9.45. The first-order chi connectivity index (χ1) is 16.8. The Balaban J connectivity index is 1.63. The third-order valence-corrected chi connectivity index (χ3v) is 5.79. The van der Waals surface area contributed by atoms with Crippen LogP contribution in [0.2, 0.25) is 0 Å². The maximum absolute atomic E-state index is 15.0. The highest BCUT2D eigenvalue weighted by Gasteiger charge is 2.40. The van der Waals surface area contributed by atoms with Crippen LogP contribution in [0.3, 0.4) is 0 Å². The van der Waals surface area contributed by atoms with E-state index < -0.39 is 40.2 Å². The number of aromatic amines is 1. The summed E-state index contributed by atoms with van der Waals surface area (Å²) in [6.07, 6.45) is -2.78. The fourth-order valence-electron chi connectivity index (χ4n) is 4.31. The van der Waals surface area contributed by atoms with Gasteiger partial charge in [-0.05, 0) is 39.3 Å². The lowest BCUT2D eigenvalue weighted by Gasteiger charge is -2.35. The number of aromatic nitrogens is 4. The molecule has 1 fully saturated rings. The summed E-state index contributed by atoms with van der Waals surface area (Å²) in [4.78, 5) is 40.9. The van der Waals surface area contributed by atoms with Crippen molar-refractivity contribution in [3.05, 3.63) is 57.1 Å². The molecule has 4 rings (SSSR count). The molecule has 3 atom stereocenters. The van der Waals surface area contributed by atoms with Crippen LogP contribution in [-0.4, -0.2) is 56.0 Å². The maximum atomic E-state index is 15.0. The van der Waals surface area contributed by atoms with Gasteiger partial charge >= 0.3 is 6.18 Å². The number of amides is 1. The molecule has 1 aliphatic rings. The summed E-state index contributed by atoms with van der Waals surface area (Å²) in [5.41, 5.74) is -3.26. The van der Waals surface area contributed by atoms with Crippen molar-refractivity contribution in [1.82, 2.24) is 24.8 Å². The van der Waals surface area contributed by atoms with E-state index in [1.807, 2.05) is 13.8 Å². The largest absolute Gasteiger partial charge is 0.419 e. The van der Waals surface area contributed by atoms with E-state index in [1.54, 1.807) is 4.90 Å². The van der Waals surface area contributed by atoms with Gasteiger partial charge in [0.05, 0.1) is 34.8 Å². The number of H-pyrrole nitrogens is 1. The van der Waals surface area contributed by atoms with Crippen molar-refractivity contribution >= 4 is 22.8 Å². The minimum atomic E-state index is -5.05. The van der Waals surface area contributed by atoms with Crippen molar-refractivity contribution in [2.45, 2.75) is 52.1 Å². The van der Waals surface area contributed by atoms with E-state index in [4.69, 9.17) is 4.74 Å². The number of aryl methyl sites for hydroxylation is 1. The van der Waals surface area contributed by atoms with Crippen LogP contribution in [0.25, 0.3) is 10.9 Å². The first-order valence-corrected chi connectivity index (χ1v) is 11.2. The topological polar surface area (TPSA) is 113 Å². The Morgan fingerprint density at radius 1 is 1.22 bits per heavy atom. The average Bonchev–Trinajstić information content (AvgIpc) is 2.78. The molecule has 9 nitrogen and oxygen atoms in total. The number of carbonyl (C=O) groups is 1. The van der Waals surface area contributed by atoms with Gasteiger partial charge < -0.3 is 19.9 Å². The molecule has 1 unspecified atom stereocenters. The van der Waals surface area contributed by atoms with E-state index in [0.29, 0.717) is 13.1 Å². The van der Waals surface area contributed by atoms with Crippen molar-refractivity contribution in [3.8, 4) is 0 Å². The Bertz CT molecular complexity index is 1350. The lowest BCUT2D eigenvalue weighted by atomic mass is 9.97. The van der Waals surface area contributed by atoms with E-state index in [1.165, 1.54) is 26.2 Å². The number of morpholine rings is 1. The van der Waals surface area contributed by atoms with Crippen LogP contribution >= 0.6 is 0 Å². The van der Waals surface area contributed by atoms with Crippen LogP contribution < -0.4 is 10.9 Å². The second-order valence-electron chi connectivity index (χ2n) is 8.83. The van der Waals surface area contributed by atoms with Gasteiger partial charge in [-0.3, -0.25) is 9.59 Å². The number of ether oxygens (including phenoxy) is 1. The van der Waals surface area contributed by atoms with E-state index in [0.717, 1.165) is 6.07 Å². The van der Waals surface area contributed by atoms with Crippen LogP contribution in [-0.2, 0) is 10.9 Å². The highest BCUT2D eigenvalue weighted by atomic mass is 19.4. The van der Waals surface area contributed by atoms with Gasteiger partial charge in [0.2, 0.25) is 5.95 Å². The van der Waals surface area contributed by atoms with Gasteiger partial charge in [-0.1, -0.05) is 0 Å². The number of rotatable bonds is 4. The summed E-state index contributed by atoms with van der Waals surface area (Å²) in [5.74, 6) is -2.02. The summed E-state index contributed by atoms with van der Waals surface area (Å²) >= 11 is 0. The molecule has 3 aromatic rings. The minimum Gasteiger partial charge on any atom is -0.372 e. The molecular formula is C23H24F4N6O3. The smallest absolute Gasteiger partial charge is 0.372 e. The van der Waals surface area contributed by atoms with Crippen molar-refractivity contribution < 1.29 is 27.1 Å². The van der Waals surface area contributed by atoms with Gasteiger partial charge in [0.25, 0.3) is 11.5 Å². The van der Waals surface area contributed by atoms with E-state index in [-0.39, 0.29) is 40.8 Å². The van der Waals surface area contributed by atoms with Gasteiger partial charge in [0, 0.05) is 25.5 Å².